The monoisotopic (exact) mass is 247 g/mol. The second-order valence-electron chi connectivity index (χ2n) is 3.86. The van der Waals surface area contributed by atoms with Crippen LogP contribution in [0.3, 0.4) is 0 Å². The Balaban J connectivity index is 2.04. The molecule has 1 heterocycles. The van der Waals surface area contributed by atoms with Gasteiger partial charge in [0.05, 0.1) is 11.0 Å². The van der Waals surface area contributed by atoms with Crippen molar-refractivity contribution in [3.63, 3.8) is 0 Å². The summed E-state index contributed by atoms with van der Waals surface area (Å²) in [4.78, 5) is 14.5. The number of aromatic amines is 1. The maximum atomic E-state index is 10.8. The highest BCUT2D eigenvalue weighted by molar-refractivity contribution is 5.39. The molecule has 0 aliphatic carbocycles. The fourth-order valence-electron chi connectivity index (χ4n) is 1.62. The van der Waals surface area contributed by atoms with E-state index in [0.717, 1.165) is 0 Å². The molecule has 7 heteroatoms. The van der Waals surface area contributed by atoms with E-state index >= 15 is 0 Å². The molecule has 0 aliphatic rings. The summed E-state index contributed by atoms with van der Waals surface area (Å²) in [5.41, 5.74) is 0.767. The number of nitrogens with zero attached hydrogens (tertiary/aromatic N) is 3. The Morgan fingerprint density at radius 2 is 2.28 bits per heavy atom. The zero-order chi connectivity index (χ0) is 13.0. The number of nitro benzene ring substituents is 1. The van der Waals surface area contributed by atoms with E-state index in [0.29, 0.717) is 17.9 Å². The molecule has 0 saturated carbocycles. The average molecular weight is 247 g/mol. The van der Waals surface area contributed by atoms with Crippen LogP contribution in [-0.4, -0.2) is 20.1 Å². The number of hydrogen-bond donors (Lipinski definition) is 2. The molecular formula is C11H13N5O2. The highest BCUT2D eigenvalue weighted by Gasteiger charge is 2.14. The maximum Gasteiger partial charge on any atom is 0.273 e. The van der Waals surface area contributed by atoms with Crippen LogP contribution < -0.4 is 5.32 Å². The van der Waals surface area contributed by atoms with Gasteiger partial charge in [0.2, 0.25) is 0 Å². The Kier molecular flexibility index (Phi) is 3.63. The number of para-hydroxylation sites is 1. The number of aromatic nitrogens is 3. The molecule has 0 amide bonds. The van der Waals surface area contributed by atoms with Crippen molar-refractivity contribution in [1.82, 2.24) is 20.5 Å². The van der Waals surface area contributed by atoms with E-state index in [9.17, 15) is 10.1 Å². The molecule has 0 saturated heterocycles. The number of H-pyrrole nitrogens is 1. The van der Waals surface area contributed by atoms with E-state index in [1.165, 1.54) is 12.4 Å². The zero-order valence-electron chi connectivity index (χ0n) is 9.83. The first kappa shape index (κ1) is 12.2. The largest absolute Gasteiger partial charge is 0.303 e. The summed E-state index contributed by atoms with van der Waals surface area (Å²) in [5.74, 6) is 0.702. The van der Waals surface area contributed by atoms with Gasteiger partial charge < -0.3 is 5.32 Å². The Labute approximate surface area is 103 Å². The van der Waals surface area contributed by atoms with Crippen molar-refractivity contribution in [3.05, 3.63) is 52.1 Å². The molecule has 0 spiro atoms. The van der Waals surface area contributed by atoms with Crippen molar-refractivity contribution < 1.29 is 4.92 Å². The quantitative estimate of drug-likeness (QED) is 0.617. The van der Waals surface area contributed by atoms with Crippen molar-refractivity contribution in [2.75, 3.05) is 0 Å². The van der Waals surface area contributed by atoms with E-state index in [4.69, 9.17) is 0 Å². The van der Waals surface area contributed by atoms with Crippen molar-refractivity contribution in [1.29, 1.82) is 0 Å². The van der Waals surface area contributed by atoms with Crippen LogP contribution in [0.5, 0.6) is 0 Å². The van der Waals surface area contributed by atoms with Crippen LogP contribution in [0, 0.1) is 10.1 Å². The number of hydrogen-bond acceptors (Lipinski definition) is 5. The highest BCUT2D eigenvalue weighted by atomic mass is 16.6. The molecule has 0 radical (unpaired) electrons. The molecule has 94 valence electrons. The first-order valence-corrected chi connectivity index (χ1v) is 5.49. The summed E-state index contributed by atoms with van der Waals surface area (Å²) < 4.78 is 0. The van der Waals surface area contributed by atoms with E-state index in [1.807, 2.05) is 6.92 Å². The van der Waals surface area contributed by atoms with Gasteiger partial charge in [0.15, 0.2) is 0 Å². The molecular weight excluding hydrogens is 234 g/mol. The lowest BCUT2D eigenvalue weighted by atomic mass is 10.1. The summed E-state index contributed by atoms with van der Waals surface area (Å²) in [7, 11) is 0. The van der Waals surface area contributed by atoms with Gasteiger partial charge >= 0.3 is 0 Å². The molecule has 1 unspecified atom stereocenters. The standard InChI is InChI=1S/C11H13N5O2/c1-8(11-13-7-14-15-11)12-6-9-4-2-3-5-10(9)16(17)18/h2-5,7-8,12H,6H2,1H3,(H,13,14,15). The van der Waals surface area contributed by atoms with Gasteiger partial charge in [-0.25, -0.2) is 4.98 Å². The van der Waals surface area contributed by atoms with Crippen LogP contribution in [0.2, 0.25) is 0 Å². The van der Waals surface area contributed by atoms with E-state index in [-0.39, 0.29) is 16.7 Å². The van der Waals surface area contributed by atoms with Crippen LogP contribution in [0.25, 0.3) is 0 Å². The van der Waals surface area contributed by atoms with Gasteiger partial charge in [-0.15, -0.1) is 0 Å². The lowest BCUT2D eigenvalue weighted by molar-refractivity contribution is -0.385. The van der Waals surface area contributed by atoms with Gasteiger partial charge in [-0.3, -0.25) is 15.2 Å². The minimum atomic E-state index is -0.379. The smallest absolute Gasteiger partial charge is 0.273 e. The molecule has 2 aromatic rings. The Morgan fingerprint density at radius 3 is 2.94 bits per heavy atom. The molecule has 0 fully saturated rings. The summed E-state index contributed by atoms with van der Waals surface area (Å²) in [6.45, 7) is 2.31. The fourth-order valence-corrected chi connectivity index (χ4v) is 1.62. The Bertz CT molecular complexity index is 526. The Morgan fingerprint density at radius 1 is 1.50 bits per heavy atom. The molecule has 1 aromatic heterocycles. The summed E-state index contributed by atoms with van der Waals surface area (Å²) in [5, 5.41) is 20.5. The van der Waals surface area contributed by atoms with Crippen molar-refractivity contribution in [2.24, 2.45) is 0 Å². The molecule has 1 aromatic carbocycles. The number of nitro groups is 1. The van der Waals surface area contributed by atoms with Gasteiger partial charge in [-0.2, -0.15) is 5.10 Å². The lowest BCUT2D eigenvalue weighted by Crippen LogP contribution is -2.19. The third kappa shape index (κ3) is 2.69. The van der Waals surface area contributed by atoms with Crippen LogP contribution in [-0.2, 0) is 6.54 Å². The van der Waals surface area contributed by atoms with Crippen molar-refractivity contribution in [2.45, 2.75) is 19.5 Å². The molecule has 18 heavy (non-hydrogen) atoms. The third-order valence-corrected chi connectivity index (χ3v) is 2.63. The summed E-state index contributed by atoms with van der Waals surface area (Å²) >= 11 is 0. The van der Waals surface area contributed by atoms with Gasteiger partial charge in [0, 0.05) is 18.2 Å². The molecule has 2 N–H and O–H groups in total. The van der Waals surface area contributed by atoms with Gasteiger partial charge in [-0.05, 0) is 6.92 Å². The minimum Gasteiger partial charge on any atom is -0.303 e. The normalized spacial score (nSPS) is 12.3. The van der Waals surface area contributed by atoms with Crippen molar-refractivity contribution in [3.8, 4) is 0 Å². The maximum absolute atomic E-state index is 10.8. The second-order valence-corrected chi connectivity index (χ2v) is 3.86. The number of rotatable bonds is 5. The van der Waals surface area contributed by atoms with Crippen LogP contribution >= 0.6 is 0 Å². The van der Waals surface area contributed by atoms with E-state index in [2.05, 4.69) is 20.5 Å². The third-order valence-electron chi connectivity index (χ3n) is 2.63. The molecule has 0 aliphatic heterocycles. The first-order valence-electron chi connectivity index (χ1n) is 5.49. The SMILES string of the molecule is CC(NCc1ccccc1[N+](=O)[O-])c1ncn[nH]1. The minimum absolute atomic E-state index is 0.0488. The predicted octanol–water partition coefficient (Wildman–Crippen LogP) is 1.56. The molecule has 2 rings (SSSR count). The predicted molar refractivity (Wildman–Crippen MR) is 64.7 cm³/mol. The van der Waals surface area contributed by atoms with E-state index < -0.39 is 0 Å². The van der Waals surface area contributed by atoms with Gasteiger partial charge in [-0.1, -0.05) is 18.2 Å². The summed E-state index contributed by atoms with van der Waals surface area (Å²) in [6.07, 6.45) is 1.43. The van der Waals surface area contributed by atoms with Crippen LogP contribution in [0.4, 0.5) is 5.69 Å². The van der Waals surface area contributed by atoms with Crippen LogP contribution in [0.1, 0.15) is 24.4 Å². The summed E-state index contributed by atoms with van der Waals surface area (Å²) in [6, 6.07) is 6.62. The highest BCUT2D eigenvalue weighted by Crippen LogP contribution is 2.18. The fraction of sp³-hybridized carbons (Fsp3) is 0.273. The topological polar surface area (TPSA) is 96.7 Å². The van der Waals surface area contributed by atoms with Crippen molar-refractivity contribution >= 4 is 5.69 Å². The number of benzene rings is 1. The molecule has 0 bridgehead atoms. The number of nitrogens with one attached hydrogen (secondary N) is 2. The lowest BCUT2D eigenvalue weighted by Gasteiger charge is -2.10. The Hall–Kier alpha value is -2.28. The van der Waals surface area contributed by atoms with Crippen LogP contribution in [0.15, 0.2) is 30.6 Å². The first-order chi connectivity index (χ1) is 8.68. The van der Waals surface area contributed by atoms with E-state index in [1.54, 1.807) is 18.2 Å². The van der Waals surface area contributed by atoms with Gasteiger partial charge in [0.1, 0.15) is 12.2 Å². The second kappa shape index (κ2) is 5.37. The van der Waals surface area contributed by atoms with Gasteiger partial charge in [0.25, 0.3) is 5.69 Å². The molecule has 1 atom stereocenters. The molecule has 7 nitrogen and oxygen atoms in total. The zero-order valence-corrected chi connectivity index (χ0v) is 9.83. The average Bonchev–Trinajstić information content (AvgIpc) is 2.90.